The van der Waals surface area contributed by atoms with E-state index in [1.165, 1.54) is 0 Å². The molecule has 21 heavy (non-hydrogen) atoms. The molecule has 0 aliphatic heterocycles. The highest BCUT2D eigenvalue weighted by Crippen LogP contribution is 2.24. The van der Waals surface area contributed by atoms with Gasteiger partial charge in [-0.15, -0.1) is 0 Å². The highest BCUT2D eigenvalue weighted by Gasteiger charge is 2.09. The maximum absolute atomic E-state index is 4.47. The van der Waals surface area contributed by atoms with Gasteiger partial charge in [-0.25, -0.2) is 4.98 Å². The molecule has 3 aromatic rings. The second kappa shape index (κ2) is 5.93. The van der Waals surface area contributed by atoms with E-state index in [1.54, 1.807) is 0 Å². The Bertz CT molecular complexity index is 718. The number of benzene rings is 1. The summed E-state index contributed by atoms with van der Waals surface area (Å²) in [6, 6.07) is 12.2. The number of hydrogen-bond donors (Lipinski definition) is 1. The molecular formula is C16H19N5. The number of nitrogens with one attached hydrogen (secondary N) is 1. The van der Waals surface area contributed by atoms with Crippen molar-refractivity contribution in [1.29, 1.82) is 0 Å². The number of hydrogen-bond acceptors (Lipinski definition) is 4. The maximum Gasteiger partial charge on any atom is 0.165 e. The van der Waals surface area contributed by atoms with E-state index in [1.807, 2.05) is 41.2 Å². The third-order valence-corrected chi connectivity index (χ3v) is 3.35. The van der Waals surface area contributed by atoms with Crippen LogP contribution in [0.4, 0.5) is 5.82 Å². The fourth-order valence-corrected chi connectivity index (χ4v) is 2.25. The van der Waals surface area contributed by atoms with Crippen molar-refractivity contribution in [3.8, 4) is 11.1 Å². The molecule has 0 radical (unpaired) electrons. The zero-order chi connectivity index (χ0) is 14.7. The molecule has 0 fully saturated rings. The maximum atomic E-state index is 4.47. The summed E-state index contributed by atoms with van der Waals surface area (Å²) in [5.74, 6) is 0.962. The first-order valence-corrected chi connectivity index (χ1v) is 7.02. The zero-order valence-electron chi connectivity index (χ0n) is 12.3. The fourth-order valence-electron chi connectivity index (χ4n) is 2.25. The Morgan fingerprint density at radius 2 is 1.95 bits per heavy atom. The highest BCUT2D eigenvalue weighted by molar-refractivity contribution is 5.77. The number of anilines is 1. The van der Waals surface area contributed by atoms with Crippen molar-refractivity contribution in [3.05, 3.63) is 48.8 Å². The summed E-state index contributed by atoms with van der Waals surface area (Å²) < 4.78 is 1.86. The Hall–Kier alpha value is -2.40. The summed E-state index contributed by atoms with van der Waals surface area (Å²) in [5, 5.41) is 7.87. The molecule has 2 heterocycles. The van der Waals surface area contributed by atoms with E-state index in [0.717, 1.165) is 35.7 Å². The Kier molecular flexibility index (Phi) is 3.83. The van der Waals surface area contributed by atoms with Gasteiger partial charge in [0.15, 0.2) is 5.65 Å². The monoisotopic (exact) mass is 281 g/mol. The summed E-state index contributed by atoms with van der Waals surface area (Å²) in [6.45, 7) is 1.84. The molecule has 0 spiro atoms. The van der Waals surface area contributed by atoms with Crippen LogP contribution in [0.25, 0.3) is 16.8 Å². The third kappa shape index (κ3) is 2.87. The molecule has 0 amide bonds. The first-order valence-electron chi connectivity index (χ1n) is 7.02. The highest BCUT2D eigenvalue weighted by atomic mass is 15.3. The van der Waals surface area contributed by atoms with Crippen LogP contribution in [0.15, 0.2) is 48.8 Å². The van der Waals surface area contributed by atoms with E-state index in [0.29, 0.717) is 0 Å². The number of aromatic nitrogens is 3. The van der Waals surface area contributed by atoms with Gasteiger partial charge < -0.3 is 10.2 Å². The van der Waals surface area contributed by atoms with Gasteiger partial charge in [-0.05, 0) is 25.7 Å². The van der Waals surface area contributed by atoms with Gasteiger partial charge in [0.25, 0.3) is 0 Å². The third-order valence-electron chi connectivity index (χ3n) is 3.35. The van der Waals surface area contributed by atoms with Gasteiger partial charge in [-0.2, -0.15) is 9.61 Å². The van der Waals surface area contributed by atoms with Crippen LogP contribution in [0, 0.1) is 0 Å². The smallest absolute Gasteiger partial charge is 0.165 e. The Labute approximate surface area is 124 Å². The number of fused-ring (bicyclic) bond motifs is 1. The Morgan fingerprint density at radius 3 is 2.71 bits per heavy atom. The van der Waals surface area contributed by atoms with Crippen LogP contribution in [-0.2, 0) is 0 Å². The molecule has 1 aromatic carbocycles. The van der Waals surface area contributed by atoms with Crippen molar-refractivity contribution < 1.29 is 0 Å². The summed E-state index contributed by atoms with van der Waals surface area (Å²) in [4.78, 5) is 6.61. The largest absolute Gasteiger partial charge is 0.369 e. The number of nitrogens with zero attached hydrogens (tertiary/aromatic N) is 4. The van der Waals surface area contributed by atoms with Gasteiger partial charge in [0.05, 0.1) is 6.20 Å². The second-order valence-electron chi connectivity index (χ2n) is 5.22. The van der Waals surface area contributed by atoms with Crippen LogP contribution in [0.1, 0.15) is 0 Å². The summed E-state index contributed by atoms with van der Waals surface area (Å²) in [6.07, 6.45) is 3.69. The van der Waals surface area contributed by atoms with Gasteiger partial charge >= 0.3 is 0 Å². The molecule has 5 nitrogen and oxygen atoms in total. The van der Waals surface area contributed by atoms with Crippen molar-refractivity contribution >= 4 is 11.5 Å². The number of rotatable bonds is 5. The quantitative estimate of drug-likeness (QED) is 0.780. The lowest BCUT2D eigenvalue weighted by atomic mass is 10.1. The molecule has 0 bridgehead atoms. The van der Waals surface area contributed by atoms with Crippen molar-refractivity contribution in [2.24, 2.45) is 0 Å². The molecule has 0 saturated carbocycles. The molecule has 2 aromatic heterocycles. The Morgan fingerprint density at radius 1 is 1.14 bits per heavy atom. The SMILES string of the molecule is CN(C)CCNc1ccnc2c(-c3ccccc3)cnn12. The Balaban J connectivity index is 1.93. The van der Waals surface area contributed by atoms with Crippen molar-refractivity contribution in [1.82, 2.24) is 19.5 Å². The van der Waals surface area contributed by atoms with E-state index in [9.17, 15) is 0 Å². The first-order chi connectivity index (χ1) is 10.3. The summed E-state index contributed by atoms with van der Waals surface area (Å²) in [7, 11) is 4.12. The van der Waals surface area contributed by atoms with E-state index in [4.69, 9.17) is 0 Å². The molecule has 108 valence electrons. The topological polar surface area (TPSA) is 45.5 Å². The van der Waals surface area contributed by atoms with E-state index in [2.05, 4.69) is 46.5 Å². The van der Waals surface area contributed by atoms with Crippen LogP contribution in [0.2, 0.25) is 0 Å². The molecule has 3 rings (SSSR count). The van der Waals surface area contributed by atoms with Gasteiger partial charge in [0, 0.05) is 24.8 Å². The lowest BCUT2D eigenvalue weighted by Crippen LogP contribution is -2.21. The van der Waals surface area contributed by atoms with Crippen LogP contribution in [0.3, 0.4) is 0 Å². The molecule has 0 aliphatic carbocycles. The van der Waals surface area contributed by atoms with E-state index >= 15 is 0 Å². The molecule has 0 atom stereocenters. The normalized spacial score (nSPS) is 11.2. The lowest BCUT2D eigenvalue weighted by Gasteiger charge is -2.12. The average Bonchev–Trinajstić information content (AvgIpc) is 2.92. The van der Waals surface area contributed by atoms with Crippen molar-refractivity contribution in [3.63, 3.8) is 0 Å². The molecular weight excluding hydrogens is 262 g/mol. The van der Waals surface area contributed by atoms with Gasteiger partial charge in [-0.1, -0.05) is 30.3 Å². The van der Waals surface area contributed by atoms with E-state index < -0.39 is 0 Å². The second-order valence-corrected chi connectivity index (χ2v) is 5.22. The number of likely N-dealkylation sites (N-methyl/N-ethyl adjacent to an activating group) is 1. The average molecular weight is 281 g/mol. The summed E-state index contributed by atoms with van der Waals surface area (Å²) >= 11 is 0. The summed E-state index contributed by atoms with van der Waals surface area (Å²) in [5.41, 5.74) is 3.05. The van der Waals surface area contributed by atoms with Crippen LogP contribution in [-0.4, -0.2) is 46.7 Å². The van der Waals surface area contributed by atoms with Gasteiger partial charge in [0.1, 0.15) is 5.82 Å². The van der Waals surface area contributed by atoms with Gasteiger partial charge in [0.2, 0.25) is 0 Å². The minimum Gasteiger partial charge on any atom is -0.369 e. The fraction of sp³-hybridized carbons (Fsp3) is 0.250. The molecule has 5 heteroatoms. The molecule has 0 saturated heterocycles. The predicted molar refractivity (Wildman–Crippen MR) is 85.5 cm³/mol. The zero-order valence-corrected chi connectivity index (χ0v) is 12.3. The van der Waals surface area contributed by atoms with E-state index in [-0.39, 0.29) is 0 Å². The minimum absolute atomic E-state index is 0.868. The predicted octanol–water partition coefficient (Wildman–Crippen LogP) is 2.37. The van der Waals surface area contributed by atoms with Crippen molar-refractivity contribution in [2.45, 2.75) is 0 Å². The lowest BCUT2D eigenvalue weighted by molar-refractivity contribution is 0.425. The first kappa shape index (κ1) is 13.6. The van der Waals surface area contributed by atoms with Crippen molar-refractivity contribution in [2.75, 3.05) is 32.5 Å². The van der Waals surface area contributed by atoms with Crippen LogP contribution in [0.5, 0.6) is 0 Å². The van der Waals surface area contributed by atoms with Crippen LogP contribution >= 0.6 is 0 Å². The van der Waals surface area contributed by atoms with Gasteiger partial charge in [-0.3, -0.25) is 0 Å². The molecule has 1 N–H and O–H groups in total. The standard InChI is InChI=1S/C16H19N5/c1-20(2)11-10-17-15-8-9-18-16-14(12-19-21(15)16)13-6-4-3-5-7-13/h3-9,12,17H,10-11H2,1-2H3. The molecule has 0 unspecified atom stereocenters. The van der Waals surface area contributed by atoms with Crippen LogP contribution < -0.4 is 5.32 Å². The minimum atomic E-state index is 0.868. The molecule has 0 aliphatic rings.